The van der Waals surface area contributed by atoms with E-state index in [9.17, 15) is 4.79 Å². The number of carbonyl (C=O) groups is 1. The molecule has 0 atom stereocenters. The first-order valence-corrected chi connectivity index (χ1v) is 9.02. The summed E-state index contributed by atoms with van der Waals surface area (Å²) in [6.07, 6.45) is 1.59. The largest absolute Gasteiger partial charge is 0.339 e. The maximum atomic E-state index is 12.6. The molecule has 2 aromatic rings. The number of pyridine rings is 1. The number of benzene rings is 1. The fourth-order valence-electron chi connectivity index (χ4n) is 2.78. The third-order valence-electron chi connectivity index (χ3n) is 4.31. The molecule has 7 heteroatoms. The van der Waals surface area contributed by atoms with Crippen LogP contribution in [-0.2, 0) is 0 Å². The molecule has 2 heterocycles. The van der Waals surface area contributed by atoms with Crippen molar-refractivity contribution in [2.45, 2.75) is 6.92 Å². The van der Waals surface area contributed by atoms with E-state index in [4.69, 9.17) is 23.2 Å². The Kier molecular flexibility index (Phi) is 5.78. The number of hydrogen-bond donors (Lipinski definition) is 1. The molecule has 1 amide bonds. The molecule has 1 aliphatic rings. The molecular weight excluding hydrogens is 359 g/mol. The second-order valence-electron chi connectivity index (χ2n) is 5.91. The van der Waals surface area contributed by atoms with Crippen LogP contribution in [0.15, 0.2) is 36.5 Å². The van der Waals surface area contributed by atoms with Crippen LogP contribution in [0.2, 0.25) is 10.0 Å². The van der Waals surface area contributed by atoms with Gasteiger partial charge in [0.2, 0.25) is 0 Å². The van der Waals surface area contributed by atoms with Crippen molar-refractivity contribution >= 4 is 40.6 Å². The van der Waals surface area contributed by atoms with E-state index < -0.39 is 0 Å². The molecule has 0 saturated carbocycles. The van der Waals surface area contributed by atoms with Crippen LogP contribution in [0.1, 0.15) is 17.3 Å². The zero-order valence-electron chi connectivity index (χ0n) is 14.0. The van der Waals surface area contributed by atoms with Gasteiger partial charge in [0, 0.05) is 37.4 Å². The molecule has 1 aromatic heterocycles. The number of anilines is 2. The Bertz CT molecular complexity index is 743. The third kappa shape index (κ3) is 4.42. The molecule has 3 rings (SSSR count). The molecule has 0 aliphatic carbocycles. The van der Waals surface area contributed by atoms with Crippen molar-refractivity contribution in [3.05, 3.63) is 52.1 Å². The second-order valence-corrected chi connectivity index (χ2v) is 6.75. The summed E-state index contributed by atoms with van der Waals surface area (Å²) in [5.74, 6) is 0.632. The SMILES string of the molecule is CCN1CCN(C(=O)c2ccc(Nc3cc(Cl)ccc3Cl)nc2)CC1. The van der Waals surface area contributed by atoms with Crippen molar-refractivity contribution in [3.8, 4) is 0 Å². The van der Waals surface area contributed by atoms with Crippen LogP contribution in [0, 0.1) is 0 Å². The van der Waals surface area contributed by atoms with Gasteiger partial charge in [-0.05, 0) is 36.9 Å². The smallest absolute Gasteiger partial charge is 0.255 e. The first kappa shape index (κ1) is 18.0. The van der Waals surface area contributed by atoms with E-state index in [1.165, 1.54) is 0 Å². The number of piperazine rings is 1. The monoisotopic (exact) mass is 378 g/mol. The van der Waals surface area contributed by atoms with E-state index >= 15 is 0 Å². The van der Waals surface area contributed by atoms with E-state index in [0.717, 1.165) is 32.7 Å². The number of nitrogens with one attached hydrogen (secondary N) is 1. The molecule has 5 nitrogen and oxygen atoms in total. The molecule has 1 saturated heterocycles. The lowest BCUT2D eigenvalue weighted by atomic mass is 10.2. The number of carbonyl (C=O) groups excluding carboxylic acids is 1. The van der Waals surface area contributed by atoms with Crippen LogP contribution >= 0.6 is 23.2 Å². The normalized spacial score (nSPS) is 15.2. The minimum absolute atomic E-state index is 0.0237. The minimum Gasteiger partial charge on any atom is -0.339 e. The Balaban J connectivity index is 1.66. The molecule has 0 bridgehead atoms. The fourth-order valence-corrected chi connectivity index (χ4v) is 3.11. The summed E-state index contributed by atoms with van der Waals surface area (Å²) in [5, 5.41) is 4.26. The predicted octanol–water partition coefficient (Wildman–Crippen LogP) is 3.91. The number of hydrogen-bond acceptors (Lipinski definition) is 4. The molecule has 1 aliphatic heterocycles. The number of nitrogens with zero attached hydrogens (tertiary/aromatic N) is 3. The van der Waals surface area contributed by atoms with Crippen LogP contribution in [-0.4, -0.2) is 53.4 Å². The summed E-state index contributed by atoms with van der Waals surface area (Å²) < 4.78 is 0. The van der Waals surface area contributed by atoms with Gasteiger partial charge in [-0.2, -0.15) is 0 Å². The second kappa shape index (κ2) is 8.04. The highest BCUT2D eigenvalue weighted by atomic mass is 35.5. The van der Waals surface area contributed by atoms with Gasteiger partial charge in [0.25, 0.3) is 5.91 Å². The number of rotatable bonds is 4. The summed E-state index contributed by atoms with van der Waals surface area (Å²) in [4.78, 5) is 21.1. The average molecular weight is 379 g/mol. The van der Waals surface area contributed by atoms with Gasteiger partial charge >= 0.3 is 0 Å². The highest BCUT2D eigenvalue weighted by Crippen LogP contribution is 2.27. The molecule has 132 valence electrons. The van der Waals surface area contributed by atoms with Gasteiger partial charge in [-0.1, -0.05) is 30.1 Å². The lowest BCUT2D eigenvalue weighted by molar-refractivity contribution is 0.0643. The van der Waals surface area contributed by atoms with Crippen molar-refractivity contribution in [2.24, 2.45) is 0 Å². The summed E-state index contributed by atoms with van der Waals surface area (Å²) in [6.45, 7) is 6.51. The Hall–Kier alpha value is -1.82. The Morgan fingerprint density at radius 1 is 1.16 bits per heavy atom. The van der Waals surface area contributed by atoms with E-state index in [1.54, 1.807) is 36.5 Å². The predicted molar refractivity (Wildman–Crippen MR) is 102 cm³/mol. The van der Waals surface area contributed by atoms with Gasteiger partial charge in [-0.3, -0.25) is 4.79 Å². The summed E-state index contributed by atoms with van der Waals surface area (Å²) in [5.41, 5.74) is 1.27. The standard InChI is InChI=1S/C18H20Cl2N4O/c1-2-23-7-9-24(10-8-23)18(25)13-3-6-17(21-12-13)22-16-11-14(19)4-5-15(16)20/h3-6,11-12H,2,7-10H2,1H3,(H,21,22). The molecule has 1 N–H and O–H groups in total. The first-order chi connectivity index (χ1) is 12.1. The van der Waals surface area contributed by atoms with E-state index in [0.29, 0.717) is 27.1 Å². The lowest BCUT2D eigenvalue weighted by Crippen LogP contribution is -2.48. The number of aromatic nitrogens is 1. The topological polar surface area (TPSA) is 48.5 Å². The Morgan fingerprint density at radius 2 is 1.92 bits per heavy atom. The van der Waals surface area contributed by atoms with E-state index in [-0.39, 0.29) is 5.91 Å². The van der Waals surface area contributed by atoms with Gasteiger partial charge < -0.3 is 15.1 Å². The Morgan fingerprint density at radius 3 is 2.56 bits per heavy atom. The molecule has 0 radical (unpaired) electrons. The maximum absolute atomic E-state index is 12.6. The van der Waals surface area contributed by atoms with Crippen molar-refractivity contribution in [2.75, 3.05) is 38.0 Å². The summed E-state index contributed by atoms with van der Waals surface area (Å²) >= 11 is 12.1. The zero-order valence-corrected chi connectivity index (χ0v) is 15.5. The molecule has 25 heavy (non-hydrogen) atoms. The molecular formula is C18H20Cl2N4O. The maximum Gasteiger partial charge on any atom is 0.255 e. The van der Waals surface area contributed by atoms with Gasteiger partial charge in [-0.15, -0.1) is 0 Å². The van der Waals surface area contributed by atoms with Crippen molar-refractivity contribution in [1.82, 2.24) is 14.8 Å². The quantitative estimate of drug-likeness (QED) is 0.875. The fraction of sp³-hybridized carbons (Fsp3) is 0.333. The highest BCUT2D eigenvalue weighted by molar-refractivity contribution is 6.35. The summed E-state index contributed by atoms with van der Waals surface area (Å²) in [6, 6.07) is 8.73. The van der Waals surface area contributed by atoms with Gasteiger partial charge in [-0.25, -0.2) is 4.98 Å². The van der Waals surface area contributed by atoms with Gasteiger partial charge in [0.05, 0.1) is 16.3 Å². The molecule has 1 fully saturated rings. The van der Waals surface area contributed by atoms with E-state index in [1.807, 2.05) is 4.90 Å². The first-order valence-electron chi connectivity index (χ1n) is 8.26. The van der Waals surface area contributed by atoms with Crippen LogP contribution in [0.4, 0.5) is 11.5 Å². The Labute approximate surface area is 157 Å². The van der Waals surface area contributed by atoms with Gasteiger partial charge in [0.15, 0.2) is 0 Å². The zero-order chi connectivity index (χ0) is 17.8. The van der Waals surface area contributed by atoms with Crippen LogP contribution in [0.5, 0.6) is 0 Å². The van der Waals surface area contributed by atoms with Crippen LogP contribution < -0.4 is 5.32 Å². The van der Waals surface area contributed by atoms with Crippen molar-refractivity contribution in [1.29, 1.82) is 0 Å². The van der Waals surface area contributed by atoms with Crippen molar-refractivity contribution < 1.29 is 4.79 Å². The minimum atomic E-state index is 0.0237. The van der Waals surface area contributed by atoms with Crippen LogP contribution in [0.3, 0.4) is 0 Å². The molecule has 0 unspecified atom stereocenters. The van der Waals surface area contributed by atoms with Crippen LogP contribution in [0.25, 0.3) is 0 Å². The van der Waals surface area contributed by atoms with Crippen molar-refractivity contribution in [3.63, 3.8) is 0 Å². The highest BCUT2D eigenvalue weighted by Gasteiger charge is 2.21. The number of likely N-dealkylation sites (N-methyl/N-ethyl adjacent to an activating group) is 1. The lowest BCUT2D eigenvalue weighted by Gasteiger charge is -2.34. The number of halogens is 2. The van der Waals surface area contributed by atoms with E-state index in [2.05, 4.69) is 22.1 Å². The summed E-state index contributed by atoms with van der Waals surface area (Å²) in [7, 11) is 0. The number of amides is 1. The average Bonchev–Trinajstić information content (AvgIpc) is 2.65. The molecule has 1 aromatic carbocycles. The third-order valence-corrected chi connectivity index (χ3v) is 4.87. The molecule has 0 spiro atoms. The van der Waals surface area contributed by atoms with Gasteiger partial charge in [0.1, 0.15) is 5.82 Å².